The molecule has 0 spiro atoms. The Balaban J connectivity index is 1.83. The van der Waals surface area contributed by atoms with Crippen molar-refractivity contribution in [3.8, 4) is 5.75 Å². The van der Waals surface area contributed by atoms with E-state index in [9.17, 15) is 9.59 Å². The number of nitrogens with one attached hydrogen (secondary N) is 2. The Morgan fingerprint density at radius 2 is 1.62 bits per heavy atom. The number of pyridine rings is 1. The Hall–Kier alpha value is -3.41. The van der Waals surface area contributed by atoms with E-state index >= 15 is 0 Å². The van der Waals surface area contributed by atoms with Gasteiger partial charge in [0.15, 0.2) is 0 Å². The highest BCUT2D eigenvalue weighted by molar-refractivity contribution is 6.07. The Morgan fingerprint density at radius 1 is 0.962 bits per heavy atom. The molecule has 0 unspecified atom stereocenters. The Labute approximate surface area is 151 Å². The molecule has 0 saturated carbocycles. The first-order valence-electron chi connectivity index (χ1n) is 8.10. The van der Waals surface area contributed by atoms with Gasteiger partial charge in [-0.25, -0.2) is 0 Å². The Kier molecular flexibility index (Phi) is 4.84. The van der Waals surface area contributed by atoms with Crippen LogP contribution < -0.4 is 15.4 Å². The molecule has 2 amide bonds. The van der Waals surface area contributed by atoms with E-state index in [0.717, 1.165) is 16.7 Å². The smallest absolute Gasteiger partial charge is 0.257 e. The van der Waals surface area contributed by atoms with Crippen molar-refractivity contribution in [2.75, 3.05) is 17.7 Å². The lowest BCUT2D eigenvalue weighted by Crippen LogP contribution is -2.14. The van der Waals surface area contributed by atoms with Crippen molar-refractivity contribution in [2.24, 2.45) is 0 Å². The number of aryl methyl sites for hydroxylation is 1. The van der Waals surface area contributed by atoms with Crippen LogP contribution >= 0.6 is 0 Å². The number of amides is 2. The fourth-order valence-electron chi connectivity index (χ4n) is 2.64. The van der Waals surface area contributed by atoms with Gasteiger partial charge in [-0.3, -0.25) is 14.6 Å². The second-order valence-electron chi connectivity index (χ2n) is 5.89. The van der Waals surface area contributed by atoms with Crippen molar-refractivity contribution in [3.63, 3.8) is 0 Å². The third-order valence-electron chi connectivity index (χ3n) is 3.92. The summed E-state index contributed by atoms with van der Waals surface area (Å²) in [6, 6.07) is 14.3. The van der Waals surface area contributed by atoms with Crippen LogP contribution in [-0.2, 0) is 4.79 Å². The maximum absolute atomic E-state index is 12.6. The molecule has 0 aliphatic carbocycles. The zero-order valence-corrected chi connectivity index (χ0v) is 14.8. The van der Waals surface area contributed by atoms with Crippen molar-refractivity contribution in [3.05, 3.63) is 59.8 Å². The fraction of sp³-hybridized carbons (Fsp3) is 0.150. The molecule has 6 heteroatoms. The number of anilines is 2. The number of rotatable bonds is 4. The zero-order valence-electron chi connectivity index (χ0n) is 14.8. The third-order valence-corrected chi connectivity index (χ3v) is 3.92. The summed E-state index contributed by atoms with van der Waals surface area (Å²) >= 11 is 0. The van der Waals surface area contributed by atoms with Crippen LogP contribution in [-0.4, -0.2) is 23.9 Å². The van der Waals surface area contributed by atoms with Gasteiger partial charge >= 0.3 is 0 Å². The maximum Gasteiger partial charge on any atom is 0.257 e. The Bertz CT molecular complexity index is 982. The SMILES string of the molecule is COc1ccc2cc(C(=O)Nc3ccc(NC(C)=O)cc3)c(C)nc2c1. The van der Waals surface area contributed by atoms with Crippen LogP contribution in [0, 0.1) is 6.92 Å². The second kappa shape index (κ2) is 7.23. The van der Waals surface area contributed by atoms with E-state index in [-0.39, 0.29) is 11.8 Å². The number of hydrogen-bond acceptors (Lipinski definition) is 4. The van der Waals surface area contributed by atoms with Gasteiger partial charge in [0, 0.05) is 29.8 Å². The molecule has 0 aliphatic heterocycles. The molecule has 132 valence electrons. The predicted octanol–water partition coefficient (Wildman–Crippen LogP) is 3.76. The third kappa shape index (κ3) is 3.80. The van der Waals surface area contributed by atoms with Gasteiger partial charge in [-0.05, 0) is 49.4 Å². The average Bonchev–Trinajstić information content (AvgIpc) is 2.61. The standard InChI is InChI=1S/C20H19N3O3/c1-12-18(10-14-4-9-17(26-3)11-19(14)21-12)20(25)23-16-7-5-15(6-8-16)22-13(2)24/h4-11H,1-3H3,(H,22,24)(H,23,25). The zero-order chi connectivity index (χ0) is 18.7. The first-order valence-corrected chi connectivity index (χ1v) is 8.10. The molecule has 1 heterocycles. The van der Waals surface area contributed by atoms with Crippen molar-refractivity contribution >= 4 is 34.1 Å². The normalized spacial score (nSPS) is 10.4. The molecule has 0 bridgehead atoms. The first-order chi connectivity index (χ1) is 12.5. The first kappa shape index (κ1) is 17.4. The number of ether oxygens (including phenoxy) is 1. The topological polar surface area (TPSA) is 80.3 Å². The summed E-state index contributed by atoms with van der Waals surface area (Å²) in [5.74, 6) is 0.345. The minimum atomic E-state index is -0.236. The van der Waals surface area contributed by atoms with Gasteiger partial charge in [0.2, 0.25) is 5.91 Å². The maximum atomic E-state index is 12.6. The van der Waals surface area contributed by atoms with Crippen molar-refractivity contribution in [1.29, 1.82) is 0 Å². The van der Waals surface area contributed by atoms with Gasteiger partial charge in [0.1, 0.15) is 5.75 Å². The van der Waals surface area contributed by atoms with Crippen molar-refractivity contribution < 1.29 is 14.3 Å². The number of carbonyl (C=O) groups is 2. The van der Waals surface area contributed by atoms with Gasteiger partial charge in [0.05, 0.1) is 23.9 Å². The fourth-order valence-corrected chi connectivity index (χ4v) is 2.64. The van der Waals surface area contributed by atoms with E-state index in [0.29, 0.717) is 22.6 Å². The number of fused-ring (bicyclic) bond motifs is 1. The lowest BCUT2D eigenvalue weighted by atomic mass is 10.1. The molecule has 0 aliphatic rings. The molecule has 3 rings (SSSR count). The molecule has 2 aromatic carbocycles. The summed E-state index contributed by atoms with van der Waals surface area (Å²) in [4.78, 5) is 28.2. The highest BCUT2D eigenvalue weighted by atomic mass is 16.5. The van der Waals surface area contributed by atoms with Gasteiger partial charge in [-0.1, -0.05) is 0 Å². The van der Waals surface area contributed by atoms with Gasteiger partial charge in [0.25, 0.3) is 5.91 Å². The predicted molar refractivity (Wildman–Crippen MR) is 102 cm³/mol. The number of carbonyl (C=O) groups excluding carboxylic acids is 2. The number of hydrogen-bond donors (Lipinski definition) is 2. The highest BCUT2D eigenvalue weighted by Crippen LogP contribution is 2.22. The molecule has 2 N–H and O–H groups in total. The van der Waals surface area contributed by atoms with E-state index in [1.165, 1.54) is 6.92 Å². The van der Waals surface area contributed by atoms with Gasteiger partial charge in [-0.2, -0.15) is 0 Å². The largest absolute Gasteiger partial charge is 0.497 e. The molecule has 0 saturated heterocycles. The number of aromatic nitrogens is 1. The minimum absolute atomic E-state index is 0.142. The lowest BCUT2D eigenvalue weighted by molar-refractivity contribution is -0.114. The van der Waals surface area contributed by atoms with Crippen molar-refractivity contribution in [1.82, 2.24) is 4.98 Å². The monoisotopic (exact) mass is 349 g/mol. The number of methoxy groups -OCH3 is 1. The molecule has 0 fully saturated rings. The summed E-state index contributed by atoms with van der Waals surface area (Å²) in [7, 11) is 1.60. The average molecular weight is 349 g/mol. The molecule has 26 heavy (non-hydrogen) atoms. The molecule has 6 nitrogen and oxygen atoms in total. The molecule has 1 aromatic heterocycles. The minimum Gasteiger partial charge on any atom is -0.497 e. The van der Waals surface area contributed by atoms with Crippen molar-refractivity contribution in [2.45, 2.75) is 13.8 Å². The Morgan fingerprint density at radius 3 is 2.23 bits per heavy atom. The van der Waals surface area contributed by atoms with Crippen LogP contribution in [0.1, 0.15) is 23.0 Å². The van der Waals surface area contributed by atoms with E-state index in [2.05, 4.69) is 15.6 Å². The molecule has 3 aromatic rings. The lowest BCUT2D eigenvalue weighted by Gasteiger charge is -2.10. The van der Waals surface area contributed by atoms with E-state index in [4.69, 9.17) is 4.74 Å². The van der Waals surface area contributed by atoms with Gasteiger partial charge < -0.3 is 15.4 Å². The summed E-state index contributed by atoms with van der Waals surface area (Å²) in [5, 5.41) is 6.40. The molecular weight excluding hydrogens is 330 g/mol. The summed E-state index contributed by atoms with van der Waals surface area (Å²) in [6.07, 6.45) is 0. The second-order valence-corrected chi connectivity index (χ2v) is 5.89. The van der Waals surface area contributed by atoms with Crippen LogP contribution in [0.4, 0.5) is 11.4 Å². The quantitative estimate of drug-likeness (QED) is 0.751. The van der Waals surface area contributed by atoms with Gasteiger partial charge in [-0.15, -0.1) is 0 Å². The number of nitrogens with zero attached hydrogens (tertiary/aromatic N) is 1. The molecule has 0 atom stereocenters. The number of benzene rings is 2. The molecule has 0 radical (unpaired) electrons. The van der Waals surface area contributed by atoms with E-state index in [1.807, 2.05) is 24.3 Å². The van der Waals surface area contributed by atoms with Crippen LogP contribution in [0.15, 0.2) is 48.5 Å². The van der Waals surface area contributed by atoms with Crippen LogP contribution in [0.5, 0.6) is 5.75 Å². The summed E-state index contributed by atoms with van der Waals surface area (Å²) in [5.41, 5.74) is 3.23. The molecular formula is C20H19N3O3. The summed E-state index contributed by atoms with van der Waals surface area (Å²) in [6.45, 7) is 3.24. The van der Waals surface area contributed by atoms with E-state index < -0.39 is 0 Å². The summed E-state index contributed by atoms with van der Waals surface area (Å²) < 4.78 is 5.21. The van der Waals surface area contributed by atoms with Crippen LogP contribution in [0.25, 0.3) is 10.9 Å². The highest BCUT2D eigenvalue weighted by Gasteiger charge is 2.12. The van der Waals surface area contributed by atoms with Crippen LogP contribution in [0.3, 0.4) is 0 Å². The van der Waals surface area contributed by atoms with Crippen LogP contribution in [0.2, 0.25) is 0 Å². The van der Waals surface area contributed by atoms with E-state index in [1.54, 1.807) is 38.3 Å².